The quantitative estimate of drug-likeness (QED) is 0.750. The van der Waals surface area contributed by atoms with Gasteiger partial charge in [-0.05, 0) is 49.9 Å². The van der Waals surface area contributed by atoms with Crippen molar-refractivity contribution in [2.24, 2.45) is 0 Å². The Kier molecular flexibility index (Phi) is 3.54. The summed E-state index contributed by atoms with van der Waals surface area (Å²) in [7, 11) is 0. The number of aryl methyl sites for hydroxylation is 4. The lowest BCUT2D eigenvalue weighted by Gasteiger charge is -2.12. The van der Waals surface area contributed by atoms with E-state index in [9.17, 15) is 0 Å². The number of hydrogen-bond acceptors (Lipinski definition) is 1. The highest BCUT2D eigenvalue weighted by molar-refractivity contribution is 5.81. The molecule has 0 unspecified atom stereocenters. The zero-order chi connectivity index (χ0) is 15.0. The number of anilines is 1. The van der Waals surface area contributed by atoms with Crippen molar-refractivity contribution in [3.05, 3.63) is 58.7 Å². The Morgan fingerprint density at radius 2 is 1.33 bits per heavy atom. The van der Waals surface area contributed by atoms with Crippen LogP contribution in [0.15, 0.2) is 36.4 Å². The molecule has 3 rings (SSSR count). The molecule has 1 aliphatic rings. The molecule has 0 aliphatic carbocycles. The van der Waals surface area contributed by atoms with E-state index in [1.165, 1.54) is 33.6 Å². The highest BCUT2D eigenvalue weighted by Gasteiger charge is 2.26. The van der Waals surface area contributed by atoms with Gasteiger partial charge in [-0.25, -0.2) is 9.48 Å². The second-order valence-corrected chi connectivity index (χ2v) is 5.98. The van der Waals surface area contributed by atoms with Crippen LogP contribution in [0.3, 0.4) is 0 Å². The van der Waals surface area contributed by atoms with Crippen molar-refractivity contribution in [2.75, 3.05) is 18.0 Å². The van der Waals surface area contributed by atoms with E-state index < -0.39 is 0 Å². The molecule has 0 amide bonds. The van der Waals surface area contributed by atoms with Gasteiger partial charge in [-0.2, -0.15) is 0 Å². The van der Waals surface area contributed by atoms with E-state index in [0.29, 0.717) is 0 Å². The first kappa shape index (κ1) is 13.9. The van der Waals surface area contributed by atoms with Crippen molar-refractivity contribution in [1.82, 2.24) is 0 Å². The van der Waals surface area contributed by atoms with Crippen LogP contribution < -0.4 is 4.90 Å². The predicted molar refractivity (Wildman–Crippen MR) is 90.0 cm³/mol. The van der Waals surface area contributed by atoms with Crippen molar-refractivity contribution in [1.29, 1.82) is 0 Å². The van der Waals surface area contributed by atoms with Crippen molar-refractivity contribution in [3.8, 4) is 0 Å². The van der Waals surface area contributed by atoms with Gasteiger partial charge in [0.25, 0.3) is 0 Å². The molecule has 0 atom stereocenters. The molecule has 0 fully saturated rings. The van der Waals surface area contributed by atoms with E-state index in [0.717, 1.165) is 13.1 Å². The molecule has 0 aromatic heterocycles. The van der Waals surface area contributed by atoms with Crippen LogP contribution in [0.1, 0.15) is 22.3 Å². The Morgan fingerprint density at radius 3 is 1.90 bits per heavy atom. The molecule has 0 N–H and O–H groups in total. The molecule has 0 saturated heterocycles. The topological polar surface area (TPSA) is 6.25 Å². The number of benzene rings is 2. The summed E-state index contributed by atoms with van der Waals surface area (Å²) >= 11 is 0. The molecule has 2 aromatic carbocycles. The maximum absolute atomic E-state index is 2.39. The maximum atomic E-state index is 2.39. The van der Waals surface area contributed by atoms with Crippen LogP contribution in [0.4, 0.5) is 11.4 Å². The summed E-state index contributed by atoms with van der Waals surface area (Å²) in [4.78, 5) is 2.39. The number of hydrogen-bond donors (Lipinski definition) is 0. The molecule has 0 spiro atoms. The van der Waals surface area contributed by atoms with Gasteiger partial charge in [0.1, 0.15) is 24.5 Å². The van der Waals surface area contributed by atoms with Gasteiger partial charge < -0.3 is 0 Å². The number of rotatable bonds is 2. The smallest absolute Gasteiger partial charge is 0.229 e. The minimum Gasteiger partial charge on any atom is -0.229 e. The van der Waals surface area contributed by atoms with Gasteiger partial charge in [0.05, 0.1) is 0 Å². The van der Waals surface area contributed by atoms with Gasteiger partial charge in [-0.15, -0.1) is 0 Å². The van der Waals surface area contributed by atoms with E-state index in [-0.39, 0.29) is 0 Å². The summed E-state index contributed by atoms with van der Waals surface area (Å²) in [5.74, 6) is 0. The molecule has 0 bridgehead atoms. The molecule has 2 nitrogen and oxygen atoms in total. The van der Waals surface area contributed by atoms with Crippen molar-refractivity contribution in [2.45, 2.75) is 27.7 Å². The fraction of sp³-hybridized carbons (Fsp3) is 0.316. The van der Waals surface area contributed by atoms with Gasteiger partial charge in [-0.3, -0.25) is 0 Å². The Balaban J connectivity index is 2.02. The van der Waals surface area contributed by atoms with E-state index in [1.807, 2.05) is 0 Å². The van der Waals surface area contributed by atoms with Crippen molar-refractivity contribution >= 4 is 17.7 Å². The molecule has 1 heterocycles. The first-order chi connectivity index (χ1) is 10.1. The van der Waals surface area contributed by atoms with Crippen LogP contribution >= 0.6 is 0 Å². The second kappa shape index (κ2) is 5.36. The summed E-state index contributed by atoms with van der Waals surface area (Å²) in [6.07, 6.45) is 2.27. The molecule has 0 radical (unpaired) electrons. The Bertz CT molecular complexity index is 673. The Hall–Kier alpha value is -2.09. The largest absolute Gasteiger partial charge is 0.244 e. The Morgan fingerprint density at radius 1 is 0.810 bits per heavy atom. The standard InChI is InChI=1S/C19H23N2/c1-14-7-5-8-15(2)18(14)20-11-12-21(13-20)19-16(3)9-6-10-17(19)4/h5-10,13H,11-12H2,1-4H3/q+1. The average molecular weight is 279 g/mol. The zero-order valence-corrected chi connectivity index (χ0v) is 13.4. The molecule has 21 heavy (non-hydrogen) atoms. The lowest BCUT2D eigenvalue weighted by Crippen LogP contribution is -2.20. The lowest BCUT2D eigenvalue weighted by molar-refractivity contribution is -0.425. The highest BCUT2D eigenvalue weighted by Crippen LogP contribution is 2.28. The van der Waals surface area contributed by atoms with Crippen LogP contribution in [0, 0.1) is 27.7 Å². The molecular weight excluding hydrogens is 256 g/mol. The summed E-state index contributed by atoms with van der Waals surface area (Å²) < 4.78 is 2.39. The van der Waals surface area contributed by atoms with Crippen LogP contribution in [0.2, 0.25) is 0 Å². The average Bonchev–Trinajstić information content (AvgIpc) is 2.87. The normalized spacial score (nSPS) is 14.5. The molecule has 0 saturated carbocycles. The minimum absolute atomic E-state index is 1.04. The van der Waals surface area contributed by atoms with Gasteiger partial charge in [-0.1, -0.05) is 36.4 Å². The third kappa shape index (κ3) is 2.46. The van der Waals surface area contributed by atoms with Crippen LogP contribution in [0.25, 0.3) is 0 Å². The molecule has 108 valence electrons. The van der Waals surface area contributed by atoms with E-state index in [1.54, 1.807) is 0 Å². The fourth-order valence-electron chi connectivity index (χ4n) is 3.36. The van der Waals surface area contributed by atoms with Crippen LogP contribution in [-0.4, -0.2) is 24.0 Å². The second-order valence-electron chi connectivity index (χ2n) is 5.98. The third-order valence-corrected chi connectivity index (χ3v) is 4.31. The highest BCUT2D eigenvalue weighted by atomic mass is 15.3. The summed E-state index contributed by atoms with van der Waals surface area (Å²) in [5.41, 5.74) is 8.07. The summed E-state index contributed by atoms with van der Waals surface area (Å²) in [5, 5.41) is 0. The Labute approximate surface area is 127 Å². The van der Waals surface area contributed by atoms with E-state index in [4.69, 9.17) is 0 Å². The molecular formula is C19H23N2+. The summed E-state index contributed by atoms with van der Waals surface area (Å²) in [6.45, 7) is 10.9. The van der Waals surface area contributed by atoms with Crippen molar-refractivity contribution in [3.63, 3.8) is 0 Å². The lowest BCUT2D eigenvalue weighted by atomic mass is 10.1. The van der Waals surface area contributed by atoms with Crippen LogP contribution in [0.5, 0.6) is 0 Å². The summed E-state index contributed by atoms with van der Waals surface area (Å²) in [6, 6.07) is 13.0. The number of para-hydroxylation sites is 2. The van der Waals surface area contributed by atoms with Crippen molar-refractivity contribution < 1.29 is 4.58 Å². The van der Waals surface area contributed by atoms with Crippen LogP contribution in [-0.2, 0) is 0 Å². The molecule has 2 aromatic rings. The first-order valence-electron chi connectivity index (χ1n) is 7.58. The zero-order valence-electron chi connectivity index (χ0n) is 13.4. The third-order valence-electron chi connectivity index (χ3n) is 4.31. The monoisotopic (exact) mass is 279 g/mol. The van der Waals surface area contributed by atoms with Gasteiger partial charge in [0, 0.05) is 0 Å². The van der Waals surface area contributed by atoms with E-state index >= 15 is 0 Å². The van der Waals surface area contributed by atoms with E-state index in [2.05, 4.69) is 79.9 Å². The molecule has 2 heteroatoms. The minimum atomic E-state index is 1.04. The molecule has 1 aliphatic heterocycles. The van der Waals surface area contributed by atoms with Gasteiger partial charge in [0.15, 0.2) is 0 Å². The SMILES string of the molecule is Cc1cccc(C)c1N1C=[N+](c2c(C)cccc2C)CC1. The first-order valence-corrected chi connectivity index (χ1v) is 7.58. The maximum Gasteiger partial charge on any atom is 0.244 e. The predicted octanol–water partition coefficient (Wildman–Crippen LogP) is 4.11. The van der Waals surface area contributed by atoms with Gasteiger partial charge in [0.2, 0.25) is 6.34 Å². The fourth-order valence-corrected chi connectivity index (χ4v) is 3.36. The van der Waals surface area contributed by atoms with Gasteiger partial charge >= 0.3 is 0 Å². The number of nitrogens with zero attached hydrogens (tertiary/aromatic N) is 2.